The van der Waals surface area contributed by atoms with Crippen LogP contribution in [0.25, 0.3) is 0 Å². The topological polar surface area (TPSA) is 96.0 Å². The molecule has 0 saturated heterocycles. The first-order valence-electron chi connectivity index (χ1n) is 14.7. The number of carbonyl (C=O) groups excluding carboxylic acids is 2. The molecule has 8 nitrogen and oxygen atoms in total. The quantitative estimate of drug-likeness (QED) is 0.189. The lowest BCUT2D eigenvalue weighted by Gasteiger charge is -2.33. The van der Waals surface area contributed by atoms with Crippen LogP contribution < -0.4 is 14.4 Å². The van der Waals surface area contributed by atoms with E-state index >= 15 is 0 Å². The zero-order chi connectivity index (χ0) is 32.3. The molecule has 238 valence electrons. The van der Waals surface area contributed by atoms with Crippen molar-refractivity contribution in [2.24, 2.45) is 0 Å². The minimum absolute atomic E-state index is 0.00600. The van der Waals surface area contributed by atoms with E-state index in [1.165, 1.54) is 4.31 Å². The van der Waals surface area contributed by atoms with Gasteiger partial charge in [-0.25, -0.2) is 8.42 Å². The number of ether oxygens (including phenoxy) is 1. The fraction of sp³-hybridized carbons (Fsp3) is 0.394. The number of anilines is 1. The number of amides is 2. The fourth-order valence-electron chi connectivity index (χ4n) is 4.75. The Morgan fingerprint density at radius 3 is 2.25 bits per heavy atom. The first-order valence-corrected chi connectivity index (χ1v) is 17.3. The van der Waals surface area contributed by atoms with Crippen molar-refractivity contribution < 1.29 is 22.7 Å². The highest BCUT2D eigenvalue weighted by Gasteiger charge is 2.31. The van der Waals surface area contributed by atoms with Gasteiger partial charge in [-0.1, -0.05) is 78.7 Å². The third-order valence-corrected chi connectivity index (χ3v) is 9.11. The van der Waals surface area contributed by atoms with E-state index in [9.17, 15) is 18.0 Å². The van der Waals surface area contributed by atoms with Gasteiger partial charge in [0.1, 0.15) is 11.8 Å². The predicted octanol–water partition coefficient (Wildman–Crippen LogP) is 6.49. The van der Waals surface area contributed by atoms with Crippen LogP contribution in [0.2, 0.25) is 10.0 Å². The molecule has 3 aromatic rings. The molecule has 0 fully saturated rings. The number of para-hydroxylation sites is 2. The fourth-order valence-corrected chi connectivity index (χ4v) is 6.04. The molecule has 2 atom stereocenters. The SMILES string of the molecule is CCOc1ccccc1N(CCCC(=O)N(Cc1ccc(Cl)c(Cl)c1)[C@H](Cc1ccccc1)C(=O)N[C@H](C)CC)S(C)(=O)=O. The second kappa shape index (κ2) is 16.7. The molecule has 11 heteroatoms. The maximum absolute atomic E-state index is 14.0. The van der Waals surface area contributed by atoms with Gasteiger partial charge in [0, 0.05) is 32.0 Å². The second-order valence-electron chi connectivity index (χ2n) is 10.6. The van der Waals surface area contributed by atoms with Crippen LogP contribution in [0.5, 0.6) is 5.75 Å². The lowest BCUT2D eigenvalue weighted by molar-refractivity contribution is -0.141. The average molecular weight is 663 g/mol. The highest BCUT2D eigenvalue weighted by Crippen LogP contribution is 2.30. The van der Waals surface area contributed by atoms with Crippen molar-refractivity contribution in [2.75, 3.05) is 23.7 Å². The van der Waals surface area contributed by atoms with E-state index < -0.39 is 16.1 Å². The van der Waals surface area contributed by atoms with Crippen LogP contribution in [-0.2, 0) is 32.6 Å². The Morgan fingerprint density at radius 2 is 1.61 bits per heavy atom. The molecule has 44 heavy (non-hydrogen) atoms. The van der Waals surface area contributed by atoms with E-state index in [0.29, 0.717) is 40.1 Å². The molecule has 0 unspecified atom stereocenters. The van der Waals surface area contributed by atoms with E-state index in [1.807, 2.05) is 51.1 Å². The van der Waals surface area contributed by atoms with Gasteiger partial charge in [0.2, 0.25) is 21.8 Å². The van der Waals surface area contributed by atoms with Crippen molar-refractivity contribution in [3.05, 3.63) is 94.0 Å². The summed E-state index contributed by atoms with van der Waals surface area (Å²) in [5.41, 5.74) is 2.02. The standard InChI is InChI=1S/C33H41Cl2N3O5S/c1-5-24(3)36-33(40)30(22-25-13-8-7-9-14-25)37(23-26-18-19-27(34)28(35)21-26)32(39)17-12-20-38(44(4,41)42)29-15-10-11-16-31(29)43-6-2/h7-11,13-16,18-19,21,24,30H,5-6,12,17,20,22-23H2,1-4H3,(H,36,40)/t24-,30-/m1/s1. The Kier molecular flexibility index (Phi) is 13.4. The summed E-state index contributed by atoms with van der Waals surface area (Å²) in [6.07, 6.45) is 2.38. The normalized spacial score (nSPS) is 12.7. The Labute approximate surface area is 271 Å². The molecule has 0 aliphatic carbocycles. The second-order valence-corrected chi connectivity index (χ2v) is 13.4. The largest absolute Gasteiger partial charge is 0.492 e. The number of hydrogen-bond acceptors (Lipinski definition) is 5. The van der Waals surface area contributed by atoms with E-state index in [2.05, 4.69) is 5.32 Å². The third-order valence-electron chi connectivity index (χ3n) is 7.20. The number of nitrogens with zero attached hydrogens (tertiary/aromatic N) is 2. The molecule has 0 aromatic heterocycles. The Hall–Kier alpha value is -3.27. The van der Waals surface area contributed by atoms with E-state index in [0.717, 1.165) is 18.2 Å². The smallest absolute Gasteiger partial charge is 0.243 e. The summed E-state index contributed by atoms with van der Waals surface area (Å²) in [4.78, 5) is 29.3. The summed E-state index contributed by atoms with van der Waals surface area (Å²) in [5.74, 6) is -0.111. The van der Waals surface area contributed by atoms with Gasteiger partial charge < -0.3 is 15.0 Å². The zero-order valence-corrected chi connectivity index (χ0v) is 28.0. The number of halogens is 2. The minimum Gasteiger partial charge on any atom is -0.492 e. The Morgan fingerprint density at radius 1 is 0.932 bits per heavy atom. The van der Waals surface area contributed by atoms with Gasteiger partial charge in [-0.3, -0.25) is 13.9 Å². The summed E-state index contributed by atoms with van der Waals surface area (Å²) >= 11 is 12.5. The van der Waals surface area contributed by atoms with Gasteiger partial charge in [-0.2, -0.15) is 0 Å². The molecule has 0 aliphatic heterocycles. The summed E-state index contributed by atoms with van der Waals surface area (Å²) < 4.78 is 32.6. The molecular formula is C33H41Cl2N3O5S. The van der Waals surface area contributed by atoms with Crippen LogP contribution >= 0.6 is 23.2 Å². The number of hydrogen-bond donors (Lipinski definition) is 1. The van der Waals surface area contributed by atoms with E-state index in [1.54, 1.807) is 47.4 Å². The van der Waals surface area contributed by atoms with Crippen LogP contribution in [0.15, 0.2) is 72.8 Å². The predicted molar refractivity (Wildman–Crippen MR) is 178 cm³/mol. The Bertz CT molecular complexity index is 1500. The van der Waals surface area contributed by atoms with Crippen molar-refractivity contribution in [3.63, 3.8) is 0 Å². The van der Waals surface area contributed by atoms with Crippen molar-refractivity contribution in [1.82, 2.24) is 10.2 Å². The first kappa shape index (κ1) is 35.2. The van der Waals surface area contributed by atoms with Crippen molar-refractivity contribution in [1.29, 1.82) is 0 Å². The molecule has 3 aromatic carbocycles. The van der Waals surface area contributed by atoms with Crippen molar-refractivity contribution >= 4 is 50.7 Å². The molecule has 0 heterocycles. The highest BCUT2D eigenvalue weighted by molar-refractivity contribution is 7.92. The van der Waals surface area contributed by atoms with Crippen LogP contribution in [-0.4, -0.2) is 56.6 Å². The number of sulfonamides is 1. The number of rotatable bonds is 16. The molecule has 0 spiro atoms. The van der Waals surface area contributed by atoms with Crippen molar-refractivity contribution in [2.45, 2.75) is 65.1 Å². The first-order chi connectivity index (χ1) is 20.9. The Balaban J connectivity index is 1.93. The van der Waals surface area contributed by atoms with Gasteiger partial charge in [-0.15, -0.1) is 0 Å². The molecule has 0 aliphatic rings. The highest BCUT2D eigenvalue weighted by atomic mass is 35.5. The van der Waals surface area contributed by atoms with Gasteiger partial charge >= 0.3 is 0 Å². The molecule has 0 saturated carbocycles. The molecule has 0 bridgehead atoms. The minimum atomic E-state index is -3.68. The maximum atomic E-state index is 14.0. The monoisotopic (exact) mass is 661 g/mol. The van der Waals surface area contributed by atoms with Crippen LogP contribution in [0.4, 0.5) is 5.69 Å². The van der Waals surface area contributed by atoms with Gasteiger partial charge in [-0.05, 0) is 62.1 Å². The molecule has 0 radical (unpaired) electrons. The molecule has 3 rings (SSSR count). The van der Waals surface area contributed by atoms with Crippen LogP contribution in [0.1, 0.15) is 51.2 Å². The van der Waals surface area contributed by atoms with Crippen LogP contribution in [0, 0.1) is 0 Å². The lowest BCUT2D eigenvalue weighted by atomic mass is 10.0. The third kappa shape index (κ3) is 10.1. The number of benzene rings is 3. The molecular weight excluding hydrogens is 621 g/mol. The summed E-state index contributed by atoms with van der Waals surface area (Å²) in [5, 5.41) is 3.77. The average Bonchev–Trinajstić information content (AvgIpc) is 2.99. The zero-order valence-electron chi connectivity index (χ0n) is 25.6. The number of carbonyl (C=O) groups is 2. The summed E-state index contributed by atoms with van der Waals surface area (Å²) in [6, 6.07) is 20.6. The lowest BCUT2D eigenvalue weighted by Crippen LogP contribution is -2.52. The molecule has 2 amide bonds. The summed E-state index contributed by atoms with van der Waals surface area (Å²) in [6.45, 7) is 6.27. The van der Waals surface area contributed by atoms with E-state index in [-0.39, 0.29) is 43.8 Å². The summed E-state index contributed by atoms with van der Waals surface area (Å²) in [7, 11) is -3.68. The van der Waals surface area contributed by atoms with Gasteiger partial charge in [0.25, 0.3) is 0 Å². The van der Waals surface area contributed by atoms with Crippen molar-refractivity contribution in [3.8, 4) is 5.75 Å². The number of nitrogens with one attached hydrogen (secondary N) is 1. The van der Waals surface area contributed by atoms with E-state index in [4.69, 9.17) is 27.9 Å². The maximum Gasteiger partial charge on any atom is 0.243 e. The van der Waals surface area contributed by atoms with Gasteiger partial charge in [0.15, 0.2) is 0 Å². The van der Waals surface area contributed by atoms with Gasteiger partial charge in [0.05, 0.1) is 28.6 Å². The van der Waals surface area contributed by atoms with Crippen LogP contribution in [0.3, 0.4) is 0 Å². The molecule has 1 N–H and O–H groups in total.